The van der Waals surface area contributed by atoms with Crippen molar-refractivity contribution < 1.29 is 24.2 Å². The third-order valence-corrected chi connectivity index (χ3v) is 5.03. The molecule has 0 amide bonds. The van der Waals surface area contributed by atoms with E-state index in [1.54, 1.807) is 38.1 Å². The van der Waals surface area contributed by atoms with Gasteiger partial charge in [0.2, 0.25) is 5.78 Å². The van der Waals surface area contributed by atoms with Crippen molar-refractivity contribution in [3.8, 4) is 0 Å². The average Bonchev–Trinajstić information content (AvgIpc) is 2.67. The molecule has 1 heterocycles. The third-order valence-electron chi connectivity index (χ3n) is 5.03. The van der Waals surface area contributed by atoms with Crippen molar-refractivity contribution in [3.05, 3.63) is 82.6 Å². The van der Waals surface area contributed by atoms with Crippen molar-refractivity contribution in [2.24, 2.45) is 0 Å². The zero-order valence-electron chi connectivity index (χ0n) is 15.1. The molecular formula is C22H20O5. The Morgan fingerprint density at radius 2 is 1.56 bits per heavy atom. The molecule has 0 aromatic heterocycles. The average molecular weight is 364 g/mol. The van der Waals surface area contributed by atoms with Crippen molar-refractivity contribution in [3.63, 3.8) is 0 Å². The fourth-order valence-electron chi connectivity index (χ4n) is 3.51. The minimum Gasteiger partial charge on any atom is -0.480 e. The first-order valence-corrected chi connectivity index (χ1v) is 8.85. The molecule has 27 heavy (non-hydrogen) atoms. The predicted molar refractivity (Wildman–Crippen MR) is 98.3 cm³/mol. The Bertz CT molecular complexity index is 942. The summed E-state index contributed by atoms with van der Waals surface area (Å²) in [6, 6.07) is 16.1. The van der Waals surface area contributed by atoms with Gasteiger partial charge in [0.1, 0.15) is 17.8 Å². The van der Waals surface area contributed by atoms with Crippen LogP contribution in [0.3, 0.4) is 0 Å². The maximum absolute atomic E-state index is 13.1. The highest BCUT2D eigenvalue weighted by Gasteiger charge is 2.51. The van der Waals surface area contributed by atoms with Gasteiger partial charge < -0.3 is 14.6 Å². The monoisotopic (exact) mass is 364 g/mol. The van der Waals surface area contributed by atoms with Crippen molar-refractivity contribution >= 4 is 11.6 Å². The van der Waals surface area contributed by atoms with Crippen molar-refractivity contribution in [2.75, 3.05) is 0 Å². The van der Waals surface area contributed by atoms with Gasteiger partial charge in [-0.25, -0.2) is 0 Å². The summed E-state index contributed by atoms with van der Waals surface area (Å²) in [5.41, 5.74) is 0.565. The summed E-state index contributed by atoms with van der Waals surface area (Å²) in [6.45, 7) is 3.57. The second kappa shape index (κ2) is 6.44. The third kappa shape index (κ3) is 2.89. The van der Waals surface area contributed by atoms with E-state index in [0.29, 0.717) is 11.1 Å². The summed E-state index contributed by atoms with van der Waals surface area (Å²) in [5.74, 6) is -0.714. The molecule has 1 aliphatic heterocycles. The number of ether oxygens (including phenoxy) is 2. The van der Waals surface area contributed by atoms with Crippen LogP contribution < -0.4 is 0 Å². The molecule has 0 bridgehead atoms. The number of rotatable bonds is 3. The molecule has 138 valence electrons. The van der Waals surface area contributed by atoms with Crippen LogP contribution in [0, 0.1) is 0 Å². The highest BCUT2D eigenvalue weighted by atomic mass is 16.5. The second-order valence-corrected chi connectivity index (χ2v) is 7.31. The standard InChI is InChI=1S/C22H20O5/c1-22(2)21(25)20(26-12-13-8-4-3-5-9-13)16-17(23)14-10-6-7-11-15(14)18(24)19(16)27-22/h3-11,20-21,25H,12H2,1-2H3/t20-,21-/m0/s1. The van der Waals surface area contributed by atoms with Crippen LogP contribution >= 0.6 is 0 Å². The molecular weight excluding hydrogens is 344 g/mol. The number of carbonyl (C=O) groups excluding carboxylic acids is 2. The summed E-state index contributed by atoms with van der Waals surface area (Å²) in [6.07, 6.45) is -2.05. The molecule has 5 nitrogen and oxygen atoms in total. The van der Waals surface area contributed by atoms with Gasteiger partial charge in [0.15, 0.2) is 11.5 Å². The Hall–Kier alpha value is -2.76. The van der Waals surface area contributed by atoms with Crippen LogP contribution in [0.25, 0.3) is 0 Å². The summed E-state index contributed by atoms with van der Waals surface area (Å²) < 4.78 is 11.8. The fraction of sp³-hybridized carbons (Fsp3) is 0.273. The van der Waals surface area contributed by atoms with Crippen LogP contribution in [0.2, 0.25) is 0 Å². The van der Waals surface area contributed by atoms with E-state index in [1.165, 1.54) is 0 Å². The maximum atomic E-state index is 13.1. The maximum Gasteiger partial charge on any atom is 0.228 e. The van der Waals surface area contributed by atoms with Crippen LogP contribution in [0.1, 0.15) is 40.1 Å². The van der Waals surface area contributed by atoms with Crippen molar-refractivity contribution in [2.45, 2.75) is 38.3 Å². The molecule has 2 atom stereocenters. The lowest BCUT2D eigenvalue weighted by molar-refractivity contribution is -0.144. The largest absolute Gasteiger partial charge is 0.480 e. The quantitative estimate of drug-likeness (QED) is 0.906. The van der Waals surface area contributed by atoms with Gasteiger partial charge in [-0.05, 0) is 19.4 Å². The van der Waals surface area contributed by atoms with Gasteiger partial charge in [-0.15, -0.1) is 0 Å². The van der Waals surface area contributed by atoms with Gasteiger partial charge in [0, 0.05) is 11.1 Å². The highest BCUT2D eigenvalue weighted by Crippen LogP contribution is 2.40. The number of hydrogen-bond donors (Lipinski definition) is 1. The number of fused-ring (bicyclic) bond motifs is 1. The van der Waals surface area contributed by atoms with Gasteiger partial charge >= 0.3 is 0 Å². The lowest BCUT2D eigenvalue weighted by atomic mass is 9.79. The van der Waals surface area contributed by atoms with Crippen LogP contribution in [-0.4, -0.2) is 34.5 Å². The van der Waals surface area contributed by atoms with E-state index in [9.17, 15) is 14.7 Å². The Balaban J connectivity index is 1.76. The summed E-state index contributed by atoms with van der Waals surface area (Å²) in [7, 11) is 0. The molecule has 5 heteroatoms. The number of allylic oxidation sites excluding steroid dienone is 1. The molecule has 2 aromatic rings. The van der Waals surface area contributed by atoms with E-state index in [2.05, 4.69) is 0 Å². The van der Waals surface area contributed by atoms with Crippen molar-refractivity contribution in [1.82, 2.24) is 0 Å². The molecule has 1 N–H and O–H groups in total. The SMILES string of the molecule is CC1(C)OC2=C(C(=O)c3ccccc3C2=O)[C@H](OCc2ccccc2)[C@@H]1O. The topological polar surface area (TPSA) is 72.8 Å². The van der Waals surface area contributed by atoms with Gasteiger partial charge in [0.25, 0.3) is 0 Å². The molecule has 2 aliphatic rings. The molecule has 4 rings (SSSR count). The number of Topliss-reactive ketones (excluding diaryl/α,β-unsaturated/α-hetero) is 2. The molecule has 0 radical (unpaired) electrons. The molecule has 0 spiro atoms. The van der Waals surface area contributed by atoms with Gasteiger partial charge in [0.05, 0.1) is 12.2 Å². The summed E-state index contributed by atoms with van der Waals surface area (Å²) in [4.78, 5) is 26.0. The van der Waals surface area contributed by atoms with E-state index in [0.717, 1.165) is 5.56 Å². The van der Waals surface area contributed by atoms with Crippen LogP contribution in [0.4, 0.5) is 0 Å². The normalized spacial score (nSPS) is 23.5. The van der Waals surface area contributed by atoms with Gasteiger partial charge in [-0.2, -0.15) is 0 Å². The number of aliphatic hydroxyl groups excluding tert-OH is 1. The first kappa shape index (κ1) is 17.6. The van der Waals surface area contributed by atoms with Crippen LogP contribution in [0.15, 0.2) is 65.9 Å². The smallest absolute Gasteiger partial charge is 0.228 e. The number of benzene rings is 2. The molecule has 0 unspecified atom stereocenters. The zero-order valence-corrected chi connectivity index (χ0v) is 15.1. The molecule has 0 fully saturated rings. The number of hydrogen-bond acceptors (Lipinski definition) is 5. The number of aliphatic hydroxyl groups is 1. The van der Waals surface area contributed by atoms with Crippen LogP contribution in [0.5, 0.6) is 0 Å². The van der Waals surface area contributed by atoms with Crippen molar-refractivity contribution in [1.29, 1.82) is 0 Å². The minimum absolute atomic E-state index is 0.0212. The Morgan fingerprint density at radius 3 is 2.22 bits per heavy atom. The second-order valence-electron chi connectivity index (χ2n) is 7.31. The molecule has 2 aromatic carbocycles. The minimum atomic E-state index is -1.10. The van der Waals surface area contributed by atoms with E-state index >= 15 is 0 Å². The lowest BCUT2D eigenvalue weighted by Crippen LogP contribution is -2.55. The molecule has 0 saturated heterocycles. The lowest BCUT2D eigenvalue weighted by Gasteiger charge is -2.43. The van der Waals surface area contributed by atoms with E-state index in [-0.39, 0.29) is 29.5 Å². The molecule has 1 aliphatic carbocycles. The Kier molecular flexibility index (Phi) is 4.21. The highest BCUT2D eigenvalue weighted by molar-refractivity contribution is 6.26. The van der Waals surface area contributed by atoms with Gasteiger partial charge in [-0.3, -0.25) is 9.59 Å². The fourth-order valence-corrected chi connectivity index (χ4v) is 3.51. The first-order valence-electron chi connectivity index (χ1n) is 8.85. The van der Waals surface area contributed by atoms with E-state index in [1.807, 2.05) is 30.3 Å². The van der Waals surface area contributed by atoms with E-state index < -0.39 is 17.8 Å². The van der Waals surface area contributed by atoms with Gasteiger partial charge in [-0.1, -0.05) is 54.6 Å². The predicted octanol–water partition coefficient (Wildman–Crippen LogP) is 3.07. The Labute approximate surface area is 157 Å². The summed E-state index contributed by atoms with van der Waals surface area (Å²) in [5, 5.41) is 10.8. The Morgan fingerprint density at radius 1 is 0.963 bits per heavy atom. The number of ketones is 2. The van der Waals surface area contributed by atoms with Crippen LogP contribution in [-0.2, 0) is 16.1 Å². The zero-order chi connectivity index (χ0) is 19.2. The van der Waals surface area contributed by atoms with E-state index in [4.69, 9.17) is 9.47 Å². The first-order chi connectivity index (χ1) is 12.9. The molecule has 0 saturated carbocycles. The summed E-state index contributed by atoms with van der Waals surface area (Å²) >= 11 is 0. The number of carbonyl (C=O) groups is 2.